The summed E-state index contributed by atoms with van der Waals surface area (Å²) >= 11 is 5.76. The van der Waals surface area contributed by atoms with Crippen LogP contribution in [0.1, 0.15) is 43.0 Å². The van der Waals surface area contributed by atoms with Crippen LogP contribution in [0.2, 0.25) is 5.02 Å². The van der Waals surface area contributed by atoms with Crippen molar-refractivity contribution in [1.29, 1.82) is 0 Å². The zero-order valence-corrected chi connectivity index (χ0v) is 11.1. The Bertz CT molecular complexity index is 437. The van der Waals surface area contributed by atoms with E-state index in [1.165, 1.54) is 18.2 Å². The van der Waals surface area contributed by atoms with E-state index in [9.17, 15) is 9.90 Å². The van der Waals surface area contributed by atoms with Crippen LogP contribution in [-0.2, 0) is 4.74 Å². The standard InChI is InChI=1S/C14H17ClO3/c1-9-2-5-11(6-3-9)18-14(17)10-4-7-13(16)12(15)8-10/h4,7-9,11,16H,2-3,5-6H2,1H3. The highest BCUT2D eigenvalue weighted by atomic mass is 35.5. The van der Waals surface area contributed by atoms with Crippen LogP contribution in [0, 0.1) is 5.92 Å². The van der Waals surface area contributed by atoms with Gasteiger partial charge in [0.2, 0.25) is 0 Å². The van der Waals surface area contributed by atoms with Crippen LogP contribution in [0.3, 0.4) is 0 Å². The van der Waals surface area contributed by atoms with Gasteiger partial charge < -0.3 is 9.84 Å². The van der Waals surface area contributed by atoms with Crippen LogP contribution >= 0.6 is 11.6 Å². The van der Waals surface area contributed by atoms with Gasteiger partial charge in [0.25, 0.3) is 0 Å². The highest BCUT2D eigenvalue weighted by molar-refractivity contribution is 6.32. The summed E-state index contributed by atoms with van der Waals surface area (Å²) < 4.78 is 5.44. The molecule has 0 atom stereocenters. The fourth-order valence-corrected chi connectivity index (χ4v) is 2.38. The quantitative estimate of drug-likeness (QED) is 0.831. The lowest BCUT2D eigenvalue weighted by Gasteiger charge is -2.26. The molecule has 3 nitrogen and oxygen atoms in total. The average molecular weight is 269 g/mol. The third-order valence-electron chi connectivity index (χ3n) is 3.42. The van der Waals surface area contributed by atoms with Crippen molar-refractivity contribution in [2.24, 2.45) is 5.92 Å². The maximum Gasteiger partial charge on any atom is 0.338 e. The molecule has 0 spiro atoms. The van der Waals surface area contributed by atoms with E-state index in [2.05, 4.69) is 6.92 Å². The normalized spacial score (nSPS) is 23.7. The van der Waals surface area contributed by atoms with Crippen LogP contribution < -0.4 is 0 Å². The topological polar surface area (TPSA) is 46.5 Å². The van der Waals surface area contributed by atoms with E-state index < -0.39 is 0 Å². The summed E-state index contributed by atoms with van der Waals surface area (Å²) in [6.07, 6.45) is 4.08. The zero-order chi connectivity index (χ0) is 13.1. The molecule has 0 aromatic heterocycles. The first kappa shape index (κ1) is 13.2. The minimum atomic E-state index is -0.364. The monoisotopic (exact) mass is 268 g/mol. The second-order valence-electron chi connectivity index (χ2n) is 4.95. The molecule has 1 aliphatic rings. The minimum Gasteiger partial charge on any atom is -0.506 e. The van der Waals surface area contributed by atoms with E-state index >= 15 is 0 Å². The Morgan fingerprint density at radius 1 is 1.33 bits per heavy atom. The van der Waals surface area contributed by atoms with Crippen LogP contribution in [0.4, 0.5) is 0 Å². The molecule has 0 heterocycles. The highest BCUT2D eigenvalue weighted by Gasteiger charge is 2.22. The first-order valence-corrected chi connectivity index (χ1v) is 6.63. The second-order valence-corrected chi connectivity index (χ2v) is 5.36. The summed E-state index contributed by atoms with van der Waals surface area (Å²) in [6, 6.07) is 4.36. The van der Waals surface area contributed by atoms with E-state index in [1.54, 1.807) is 0 Å². The molecule has 2 rings (SSSR count). The molecule has 0 amide bonds. The molecular weight excluding hydrogens is 252 g/mol. The van der Waals surface area contributed by atoms with Gasteiger partial charge in [0, 0.05) is 0 Å². The van der Waals surface area contributed by atoms with Crippen molar-refractivity contribution < 1.29 is 14.6 Å². The molecule has 1 aromatic carbocycles. The van der Waals surface area contributed by atoms with Crippen molar-refractivity contribution >= 4 is 17.6 Å². The van der Waals surface area contributed by atoms with Crippen molar-refractivity contribution in [3.05, 3.63) is 28.8 Å². The van der Waals surface area contributed by atoms with Crippen LogP contribution in [0.5, 0.6) is 5.75 Å². The summed E-state index contributed by atoms with van der Waals surface area (Å²) in [4.78, 5) is 11.9. The molecule has 98 valence electrons. The second kappa shape index (κ2) is 5.61. The van der Waals surface area contributed by atoms with E-state index in [-0.39, 0.29) is 22.8 Å². The van der Waals surface area contributed by atoms with Gasteiger partial charge in [0.1, 0.15) is 11.9 Å². The fraction of sp³-hybridized carbons (Fsp3) is 0.500. The third kappa shape index (κ3) is 3.16. The Morgan fingerprint density at radius 2 is 2.00 bits per heavy atom. The first-order chi connectivity index (χ1) is 8.56. The van der Waals surface area contributed by atoms with E-state index in [0.717, 1.165) is 31.6 Å². The van der Waals surface area contributed by atoms with Crippen molar-refractivity contribution in [2.45, 2.75) is 38.7 Å². The molecule has 1 saturated carbocycles. The van der Waals surface area contributed by atoms with Crippen molar-refractivity contribution in [2.75, 3.05) is 0 Å². The van der Waals surface area contributed by atoms with Gasteiger partial charge in [-0.2, -0.15) is 0 Å². The Balaban J connectivity index is 1.97. The van der Waals surface area contributed by atoms with Gasteiger partial charge in [0.15, 0.2) is 0 Å². The molecule has 4 heteroatoms. The van der Waals surface area contributed by atoms with E-state index in [1.807, 2.05) is 0 Å². The maximum atomic E-state index is 11.9. The Hall–Kier alpha value is -1.22. The molecule has 1 aromatic rings. The number of carbonyl (C=O) groups excluding carboxylic acids is 1. The molecule has 1 fully saturated rings. The van der Waals surface area contributed by atoms with Crippen molar-refractivity contribution in [3.63, 3.8) is 0 Å². The molecule has 0 saturated heterocycles. The maximum absolute atomic E-state index is 11.9. The number of esters is 1. The number of phenolic OH excluding ortho intramolecular Hbond substituents is 1. The number of ether oxygens (including phenoxy) is 1. The number of halogens is 1. The number of rotatable bonds is 2. The molecule has 0 unspecified atom stereocenters. The van der Waals surface area contributed by atoms with Crippen molar-refractivity contribution in [1.82, 2.24) is 0 Å². The number of hydrogen-bond donors (Lipinski definition) is 1. The lowest BCUT2D eigenvalue weighted by atomic mass is 9.89. The summed E-state index contributed by atoms with van der Waals surface area (Å²) in [6.45, 7) is 2.22. The van der Waals surface area contributed by atoms with Crippen molar-refractivity contribution in [3.8, 4) is 5.75 Å². The number of carbonyl (C=O) groups is 1. The smallest absolute Gasteiger partial charge is 0.338 e. The summed E-state index contributed by atoms with van der Waals surface area (Å²) in [7, 11) is 0. The zero-order valence-electron chi connectivity index (χ0n) is 10.4. The number of phenols is 1. The predicted octanol–water partition coefficient (Wildman–Crippen LogP) is 3.78. The van der Waals surface area contributed by atoms with Gasteiger partial charge in [0.05, 0.1) is 10.6 Å². The number of aromatic hydroxyl groups is 1. The van der Waals surface area contributed by atoms with E-state index in [4.69, 9.17) is 16.3 Å². The van der Waals surface area contributed by atoms with E-state index in [0.29, 0.717) is 5.56 Å². The lowest BCUT2D eigenvalue weighted by Crippen LogP contribution is -2.23. The first-order valence-electron chi connectivity index (χ1n) is 6.25. The fourth-order valence-electron chi connectivity index (χ4n) is 2.20. The number of benzene rings is 1. The minimum absolute atomic E-state index is 0.0151. The molecule has 0 aliphatic heterocycles. The lowest BCUT2D eigenvalue weighted by molar-refractivity contribution is 0.0174. The van der Waals surface area contributed by atoms with Crippen LogP contribution in [0.15, 0.2) is 18.2 Å². The summed E-state index contributed by atoms with van der Waals surface area (Å²) in [5.74, 6) is 0.333. The Morgan fingerprint density at radius 3 is 2.61 bits per heavy atom. The Kier molecular flexibility index (Phi) is 4.12. The number of hydrogen-bond acceptors (Lipinski definition) is 3. The van der Waals surface area contributed by atoms with Gasteiger partial charge in [-0.05, 0) is 49.8 Å². The molecule has 0 bridgehead atoms. The molecule has 18 heavy (non-hydrogen) atoms. The highest BCUT2D eigenvalue weighted by Crippen LogP contribution is 2.27. The Labute approximate surface area is 112 Å². The summed E-state index contributed by atoms with van der Waals surface area (Å²) in [5, 5.41) is 9.46. The molecule has 1 aliphatic carbocycles. The summed E-state index contributed by atoms with van der Waals surface area (Å²) in [5.41, 5.74) is 0.386. The largest absolute Gasteiger partial charge is 0.506 e. The molecular formula is C14H17ClO3. The van der Waals surface area contributed by atoms with Gasteiger partial charge >= 0.3 is 5.97 Å². The van der Waals surface area contributed by atoms with Gasteiger partial charge in [-0.25, -0.2) is 4.79 Å². The predicted molar refractivity (Wildman–Crippen MR) is 70.0 cm³/mol. The molecule has 1 N–H and O–H groups in total. The average Bonchev–Trinajstić information content (AvgIpc) is 2.35. The van der Waals surface area contributed by atoms with Crippen LogP contribution in [0.25, 0.3) is 0 Å². The van der Waals surface area contributed by atoms with Crippen LogP contribution in [-0.4, -0.2) is 17.2 Å². The SMILES string of the molecule is CC1CCC(OC(=O)c2ccc(O)c(Cl)c2)CC1. The van der Waals surface area contributed by atoms with Gasteiger partial charge in [-0.3, -0.25) is 0 Å². The van der Waals surface area contributed by atoms with Gasteiger partial charge in [-0.15, -0.1) is 0 Å². The van der Waals surface area contributed by atoms with Gasteiger partial charge in [-0.1, -0.05) is 18.5 Å². The molecule has 0 radical (unpaired) electrons. The third-order valence-corrected chi connectivity index (χ3v) is 3.72.